The molecule has 0 saturated heterocycles. The molecule has 12 heteroatoms. The Labute approximate surface area is 141 Å². The molecule has 3 N–H and O–H groups in total. The van der Waals surface area contributed by atoms with Gasteiger partial charge >= 0.3 is 24.4 Å². The molecule has 0 aromatic heterocycles. The van der Waals surface area contributed by atoms with Crippen molar-refractivity contribution in [2.45, 2.75) is 18.5 Å². The van der Waals surface area contributed by atoms with E-state index in [4.69, 9.17) is 5.11 Å². The fourth-order valence-corrected chi connectivity index (χ4v) is 2.21. The molecule has 2 amide bonds. The second-order valence-corrected chi connectivity index (χ2v) is 5.26. The van der Waals surface area contributed by atoms with Crippen molar-refractivity contribution in [2.24, 2.45) is 0 Å². The average molecular weight is 384 g/mol. The van der Waals surface area contributed by atoms with E-state index in [1.807, 2.05) is 0 Å². The van der Waals surface area contributed by atoms with Crippen LogP contribution < -0.4 is 5.32 Å². The van der Waals surface area contributed by atoms with Crippen LogP contribution in [0.25, 0.3) is 0 Å². The van der Waals surface area contributed by atoms with Crippen molar-refractivity contribution in [3.63, 3.8) is 0 Å². The average Bonchev–Trinajstić information content (AvgIpc) is 2.87. The summed E-state index contributed by atoms with van der Waals surface area (Å²) in [6, 6.07) is -0.853. The number of carbonyl (C=O) groups excluding carboxylic acids is 1. The maximum atomic E-state index is 12.8. The highest BCUT2D eigenvalue weighted by Crippen LogP contribution is 2.37. The Morgan fingerprint density at radius 1 is 1.04 bits per heavy atom. The first-order chi connectivity index (χ1) is 11.8. The van der Waals surface area contributed by atoms with E-state index in [1.54, 1.807) is 5.32 Å². The number of β-amino-alcohol motifs (C(OH)–C–C–N with tert-alkyl or cyclic N) is 1. The molecule has 1 unspecified atom stereocenters. The quantitative estimate of drug-likeness (QED) is 0.684. The molecule has 2 rings (SSSR count). The summed E-state index contributed by atoms with van der Waals surface area (Å²) < 4.78 is 76.7. The molecule has 1 heterocycles. The van der Waals surface area contributed by atoms with E-state index in [1.165, 1.54) is 0 Å². The van der Waals surface area contributed by atoms with E-state index in [2.05, 4.69) is 0 Å². The summed E-state index contributed by atoms with van der Waals surface area (Å²) in [5, 5.41) is 20.1. The molecule has 0 radical (unpaired) electrons. The highest BCUT2D eigenvalue weighted by Gasteiger charge is 2.37. The molecule has 1 aromatic carbocycles. The van der Waals surface area contributed by atoms with E-state index in [9.17, 15) is 41.0 Å². The molecule has 6 nitrogen and oxygen atoms in total. The molecule has 1 atom stereocenters. The summed E-state index contributed by atoms with van der Waals surface area (Å²) >= 11 is 0. The van der Waals surface area contributed by atoms with Crippen molar-refractivity contribution in [1.29, 1.82) is 0 Å². The number of aliphatic hydroxyl groups excluding tert-OH is 1. The van der Waals surface area contributed by atoms with Gasteiger partial charge in [-0.1, -0.05) is 0 Å². The van der Waals surface area contributed by atoms with Gasteiger partial charge < -0.3 is 15.5 Å². The second kappa shape index (κ2) is 6.52. The van der Waals surface area contributed by atoms with E-state index in [0.29, 0.717) is 4.90 Å². The number of urea groups is 1. The summed E-state index contributed by atoms with van der Waals surface area (Å²) in [5.41, 5.74) is -4.77. The number of nitrogens with one attached hydrogen (secondary N) is 1. The highest BCUT2D eigenvalue weighted by molar-refractivity contribution is 5.98. The first kappa shape index (κ1) is 19.6. The molecule has 1 aromatic rings. The first-order valence-electron chi connectivity index (χ1n) is 6.80. The molecule has 1 aliphatic heterocycles. The summed E-state index contributed by atoms with van der Waals surface area (Å²) in [6.45, 7) is -0.515. The first-order valence-corrected chi connectivity index (χ1v) is 6.80. The number of amides is 2. The molecule has 0 aliphatic carbocycles. The van der Waals surface area contributed by atoms with Gasteiger partial charge in [0.15, 0.2) is 0 Å². The van der Waals surface area contributed by atoms with Crippen LogP contribution in [0.5, 0.6) is 0 Å². The van der Waals surface area contributed by atoms with Crippen molar-refractivity contribution < 1.29 is 46.1 Å². The van der Waals surface area contributed by atoms with Crippen LogP contribution in [0.15, 0.2) is 30.0 Å². The molecular weight excluding hydrogens is 374 g/mol. The predicted octanol–water partition coefficient (Wildman–Crippen LogP) is 2.90. The van der Waals surface area contributed by atoms with Crippen LogP contribution in [0.4, 0.5) is 36.8 Å². The minimum absolute atomic E-state index is 0.113. The number of aliphatic carboxylic acids is 1. The molecule has 142 valence electrons. The Balaban J connectivity index is 2.35. The Morgan fingerprint density at radius 3 is 1.96 bits per heavy atom. The van der Waals surface area contributed by atoms with Gasteiger partial charge in [0.1, 0.15) is 5.70 Å². The van der Waals surface area contributed by atoms with Gasteiger partial charge in [0.05, 0.1) is 23.8 Å². The van der Waals surface area contributed by atoms with E-state index < -0.39 is 59.5 Å². The molecule has 0 saturated carbocycles. The number of aliphatic hydroxyl groups is 1. The topological polar surface area (TPSA) is 89.9 Å². The number of alkyl halides is 6. The summed E-state index contributed by atoms with van der Waals surface area (Å²) in [4.78, 5) is 23.5. The maximum Gasteiger partial charge on any atom is 0.416 e. The van der Waals surface area contributed by atoms with Crippen molar-refractivity contribution in [2.75, 3.05) is 11.9 Å². The number of carboxylic acids is 1. The number of anilines is 1. The van der Waals surface area contributed by atoms with E-state index in [0.717, 1.165) is 6.08 Å². The van der Waals surface area contributed by atoms with E-state index >= 15 is 0 Å². The third-order valence-electron chi connectivity index (χ3n) is 3.31. The molecule has 26 heavy (non-hydrogen) atoms. The Bertz CT molecular complexity index is 739. The van der Waals surface area contributed by atoms with Gasteiger partial charge in [-0.05, 0) is 24.3 Å². The molecule has 0 fully saturated rings. The Hall–Kier alpha value is -2.76. The normalized spacial score (nSPS) is 17.9. The molecular formula is C14H10F6N2O4. The summed E-state index contributed by atoms with van der Waals surface area (Å²) in [5.74, 6) is -1.60. The third kappa shape index (κ3) is 4.25. The monoisotopic (exact) mass is 384 g/mol. The number of nitrogens with zero attached hydrogens (tertiary/aromatic N) is 1. The number of benzene rings is 1. The predicted molar refractivity (Wildman–Crippen MR) is 73.9 cm³/mol. The maximum absolute atomic E-state index is 12.8. The van der Waals surface area contributed by atoms with Crippen LogP contribution in [-0.2, 0) is 17.1 Å². The van der Waals surface area contributed by atoms with Crippen LogP contribution >= 0.6 is 0 Å². The van der Waals surface area contributed by atoms with E-state index in [-0.39, 0.29) is 18.2 Å². The van der Waals surface area contributed by atoms with Crippen LogP contribution in [0, 0.1) is 0 Å². The van der Waals surface area contributed by atoms with Crippen molar-refractivity contribution in [3.8, 4) is 0 Å². The van der Waals surface area contributed by atoms with Gasteiger partial charge in [0.2, 0.25) is 0 Å². The number of hydrogen-bond acceptors (Lipinski definition) is 3. The smallest absolute Gasteiger partial charge is 0.416 e. The standard InChI is InChI=1S/C14H10F6N2O4/c15-13(16,17)6-1-7(14(18,19)20)3-8(2-6)21-12(26)22-5-9(23)4-10(22)11(24)25/h1-4,9,23H,5H2,(H,21,26)(H,24,25). The third-order valence-corrected chi connectivity index (χ3v) is 3.31. The SMILES string of the molecule is O=C(O)C1=CC(O)CN1C(=O)Nc1cc(C(F)(F)F)cc(C(F)(F)F)c1. The van der Waals surface area contributed by atoms with Gasteiger partial charge in [-0.3, -0.25) is 4.90 Å². The van der Waals surface area contributed by atoms with Gasteiger partial charge in [0.25, 0.3) is 0 Å². The Kier molecular flexibility index (Phi) is 4.90. The molecule has 0 spiro atoms. The van der Waals surface area contributed by atoms with Crippen molar-refractivity contribution >= 4 is 17.7 Å². The van der Waals surface area contributed by atoms with Gasteiger partial charge in [0, 0.05) is 5.69 Å². The fraction of sp³-hybridized carbons (Fsp3) is 0.286. The lowest BCUT2D eigenvalue weighted by molar-refractivity contribution is -0.143. The minimum atomic E-state index is -5.10. The number of carboxylic acid groups (broad SMARTS) is 1. The summed E-state index contributed by atoms with van der Waals surface area (Å²) in [7, 11) is 0. The second-order valence-electron chi connectivity index (χ2n) is 5.26. The van der Waals surface area contributed by atoms with Crippen LogP contribution in [0.2, 0.25) is 0 Å². The fourth-order valence-electron chi connectivity index (χ4n) is 2.21. The lowest BCUT2D eigenvalue weighted by atomic mass is 10.1. The van der Waals surface area contributed by atoms with Crippen molar-refractivity contribution in [3.05, 3.63) is 41.1 Å². The van der Waals surface area contributed by atoms with Crippen LogP contribution in [0.1, 0.15) is 11.1 Å². The molecule has 1 aliphatic rings. The highest BCUT2D eigenvalue weighted by atomic mass is 19.4. The van der Waals surface area contributed by atoms with Crippen molar-refractivity contribution in [1.82, 2.24) is 4.90 Å². The van der Waals surface area contributed by atoms with Gasteiger partial charge in [-0.2, -0.15) is 26.3 Å². The summed E-state index contributed by atoms with van der Waals surface area (Å²) in [6.07, 6.45) is -10.7. The zero-order valence-corrected chi connectivity index (χ0v) is 12.5. The van der Waals surface area contributed by atoms with Gasteiger partial charge in [-0.15, -0.1) is 0 Å². The molecule has 0 bridgehead atoms. The number of rotatable bonds is 2. The minimum Gasteiger partial charge on any atom is -0.477 e. The zero-order chi connectivity index (χ0) is 19.9. The number of carbonyl (C=O) groups is 2. The zero-order valence-electron chi connectivity index (χ0n) is 12.5. The largest absolute Gasteiger partial charge is 0.477 e. The number of hydrogen-bond donors (Lipinski definition) is 3. The number of halogens is 6. The Morgan fingerprint density at radius 2 is 1.54 bits per heavy atom. The van der Waals surface area contributed by atoms with Gasteiger partial charge in [-0.25, -0.2) is 9.59 Å². The lowest BCUT2D eigenvalue weighted by Crippen LogP contribution is -2.36. The lowest BCUT2D eigenvalue weighted by Gasteiger charge is -2.20. The van der Waals surface area contributed by atoms with Crippen LogP contribution in [-0.4, -0.2) is 39.8 Å². The van der Waals surface area contributed by atoms with Crippen LogP contribution in [0.3, 0.4) is 0 Å².